The van der Waals surface area contributed by atoms with Crippen molar-refractivity contribution in [2.75, 3.05) is 31.4 Å². The molecule has 32 heavy (non-hydrogen) atoms. The van der Waals surface area contributed by atoms with Crippen LogP contribution in [0, 0.1) is 5.82 Å². The minimum atomic E-state index is -3.93. The topological polar surface area (TPSA) is 119 Å². The average molecular weight is 471 g/mol. The summed E-state index contributed by atoms with van der Waals surface area (Å²) in [6.45, 7) is 1.10. The summed E-state index contributed by atoms with van der Waals surface area (Å²) in [5.74, 6) is -5.74. The van der Waals surface area contributed by atoms with Gasteiger partial charge in [0.1, 0.15) is 15.7 Å². The lowest BCUT2D eigenvalue weighted by atomic mass is 10.1. The molecule has 170 valence electrons. The van der Waals surface area contributed by atoms with Crippen molar-refractivity contribution in [2.24, 2.45) is 0 Å². The van der Waals surface area contributed by atoms with Crippen LogP contribution in [0.1, 0.15) is 47.5 Å². The Hall–Kier alpha value is -3.47. The van der Waals surface area contributed by atoms with Crippen molar-refractivity contribution in [3.05, 3.63) is 52.8 Å². The standard InChI is InChI=1S/C21H21FN2O7S/c1-11(25)23-15-9-13(22)8-14-19(15)21(27)24(20(14)26)16(10-32(4,28)29)12-5-6-17(30-2)18(7-12)31-3/h5-9,16H,10H2,1-4H3,(H,23,25)/t16-/m1/s1/i2D3,3D3. The summed E-state index contributed by atoms with van der Waals surface area (Å²) in [7, 11) is -10.0. The van der Waals surface area contributed by atoms with Crippen LogP contribution < -0.4 is 14.8 Å². The molecular weight excluding hydrogens is 443 g/mol. The third-order valence-corrected chi connectivity index (χ3v) is 5.56. The number of nitrogens with one attached hydrogen (secondary N) is 1. The molecule has 3 rings (SSSR count). The SMILES string of the molecule is [2H]C([2H])([2H])Oc1ccc([C@@H](CS(C)(=O)=O)N2C(=O)c3cc(F)cc(NC(C)=O)c3C2=O)cc1OC([2H])([2H])[2H]. The maximum Gasteiger partial charge on any atom is 0.264 e. The van der Waals surface area contributed by atoms with Gasteiger partial charge in [0.15, 0.2) is 11.5 Å². The van der Waals surface area contributed by atoms with Gasteiger partial charge in [-0.3, -0.25) is 19.3 Å². The number of sulfone groups is 1. The first-order valence-electron chi connectivity index (χ1n) is 11.9. The number of carbonyl (C=O) groups is 3. The summed E-state index contributed by atoms with van der Waals surface area (Å²) in [5, 5.41) is 2.26. The number of anilines is 1. The van der Waals surface area contributed by atoms with E-state index in [9.17, 15) is 27.2 Å². The van der Waals surface area contributed by atoms with Crippen molar-refractivity contribution in [1.82, 2.24) is 4.90 Å². The lowest BCUT2D eigenvalue weighted by Crippen LogP contribution is -2.37. The molecule has 9 nitrogen and oxygen atoms in total. The number of hydrogen-bond donors (Lipinski definition) is 1. The van der Waals surface area contributed by atoms with Crippen LogP contribution in [0.4, 0.5) is 10.1 Å². The van der Waals surface area contributed by atoms with Gasteiger partial charge in [-0.05, 0) is 29.8 Å². The van der Waals surface area contributed by atoms with Gasteiger partial charge in [0.05, 0.1) is 50.9 Å². The summed E-state index contributed by atoms with van der Waals surface area (Å²) < 4.78 is 92.4. The van der Waals surface area contributed by atoms with Gasteiger partial charge in [-0.15, -0.1) is 0 Å². The highest BCUT2D eigenvalue weighted by Gasteiger charge is 2.44. The third kappa shape index (κ3) is 4.42. The van der Waals surface area contributed by atoms with E-state index < -0.39 is 76.3 Å². The number of amides is 3. The van der Waals surface area contributed by atoms with Gasteiger partial charge in [0.25, 0.3) is 11.8 Å². The number of benzene rings is 2. The Morgan fingerprint density at radius 2 is 1.84 bits per heavy atom. The first-order valence-corrected chi connectivity index (χ1v) is 11.0. The Labute approximate surface area is 192 Å². The zero-order chi connectivity index (χ0) is 28.8. The fraction of sp³-hybridized carbons (Fsp3) is 0.286. The van der Waals surface area contributed by atoms with Crippen molar-refractivity contribution in [3.63, 3.8) is 0 Å². The minimum absolute atomic E-state index is 0.136. The second-order valence-corrected chi connectivity index (χ2v) is 9.24. The van der Waals surface area contributed by atoms with Crippen molar-refractivity contribution < 1.29 is 44.9 Å². The maximum atomic E-state index is 14.2. The lowest BCUT2D eigenvalue weighted by molar-refractivity contribution is -0.114. The summed E-state index contributed by atoms with van der Waals surface area (Å²) in [6.07, 6.45) is 0.826. The first kappa shape index (κ1) is 16.2. The van der Waals surface area contributed by atoms with Gasteiger partial charge >= 0.3 is 0 Å². The van der Waals surface area contributed by atoms with E-state index in [0.717, 1.165) is 43.5 Å². The van der Waals surface area contributed by atoms with E-state index in [2.05, 4.69) is 5.32 Å². The summed E-state index contributed by atoms with van der Waals surface area (Å²) in [5.41, 5.74) is -1.24. The minimum Gasteiger partial charge on any atom is -0.493 e. The molecule has 1 N–H and O–H groups in total. The van der Waals surface area contributed by atoms with Crippen molar-refractivity contribution in [1.29, 1.82) is 0 Å². The maximum absolute atomic E-state index is 14.2. The van der Waals surface area contributed by atoms with E-state index in [1.807, 2.05) is 0 Å². The number of ether oxygens (including phenoxy) is 2. The van der Waals surface area contributed by atoms with Gasteiger partial charge in [-0.1, -0.05) is 6.07 Å². The highest BCUT2D eigenvalue weighted by atomic mass is 32.2. The van der Waals surface area contributed by atoms with Crippen LogP contribution >= 0.6 is 0 Å². The Balaban J connectivity index is 2.19. The largest absolute Gasteiger partial charge is 0.493 e. The number of nitrogens with zero attached hydrogens (tertiary/aromatic N) is 1. The number of imide groups is 1. The second kappa shape index (κ2) is 8.58. The number of rotatable bonds is 7. The fourth-order valence-electron chi connectivity index (χ4n) is 3.42. The van der Waals surface area contributed by atoms with Gasteiger partial charge in [-0.25, -0.2) is 12.8 Å². The molecule has 0 fully saturated rings. The van der Waals surface area contributed by atoms with E-state index in [0.29, 0.717) is 4.90 Å². The number of hydrogen-bond acceptors (Lipinski definition) is 7. The highest BCUT2D eigenvalue weighted by molar-refractivity contribution is 7.90. The smallest absolute Gasteiger partial charge is 0.264 e. The Morgan fingerprint density at radius 1 is 1.16 bits per heavy atom. The van der Waals surface area contributed by atoms with E-state index >= 15 is 0 Å². The Bertz CT molecular complexity index is 1430. The zero-order valence-corrected chi connectivity index (χ0v) is 17.6. The Kier molecular flexibility index (Phi) is 4.34. The van der Waals surface area contributed by atoms with E-state index in [-0.39, 0.29) is 16.8 Å². The fourth-order valence-corrected chi connectivity index (χ4v) is 4.34. The monoisotopic (exact) mass is 470 g/mol. The molecule has 0 spiro atoms. The van der Waals surface area contributed by atoms with Crippen LogP contribution in [0.2, 0.25) is 0 Å². The number of fused-ring (bicyclic) bond motifs is 1. The number of methoxy groups -OCH3 is 2. The number of halogens is 1. The van der Waals surface area contributed by atoms with E-state index in [1.54, 1.807) is 0 Å². The quantitative estimate of drug-likeness (QED) is 0.616. The van der Waals surface area contributed by atoms with Crippen LogP contribution in [0.15, 0.2) is 30.3 Å². The van der Waals surface area contributed by atoms with Gasteiger partial charge in [0, 0.05) is 13.2 Å². The van der Waals surface area contributed by atoms with Crippen LogP contribution in [-0.4, -0.2) is 57.1 Å². The summed E-state index contributed by atoms with van der Waals surface area (Å²) >= 11 is 0. The first-order chi connectivity index (χ1) is 17.3. The molecule has 0 unspecified atom stereocenters. The van der Waals surface area contributed by atoms with Gasteiger partial charge in [0.2, 0.25) is 5.91 Å². The molecule has 0 bridgehead atoms. The molecule has 11 heteroatoms. The van der Waals surface area contributed by atoms with Crippen LogP contribution in [0.3, 0.4) is 0 Å². The molecule has 0 saturated heterocycles. The molecule has 1 heterocycles. The lowest BCUT2D eigenvalue weighted by Gasteiger charge is -2.26. The summed E-state index contributed by atoms with van der Waals surface area (Å²) in [4.78, 5) is 38.8. The summed E-state index contributed by atoms with van der Waals surface area (Å²) in [6, 6.07) is 3.04. The van der Waals surface area contributed by atoms with E-state index in [4.69, 9.17) is 17.7 Å². The molecular formula is C21H21FN2O7S. The molecule has 1 aliphatic rings. The number of carbonyl (C=O) groups excluding carboxylic acids is 3. The molecule has 2 aromatic carbocycles. The molecule has 1 aliphatic heterocycles. The van der Waals surface area contributed by atoms with Crippen LogP contribution in [0.5, 0.6) is 11.5 Å². The predicted octanol–water partition coefficient (Wildman–Crippen LogP) is 2.18. The molecule has 0 aliphatic carbocycles. The zero-order valence-electron chi connectivity index (χ0n) is 22.8. The van der Waals surface area contributed by atoms with Crippen molar-refractivity contribution in [3.8, 4) is 11.5 Å². The predicted molar refractivity (Wildman–Crippen MR) is 113 cm³/mol. The van der Waals surface area contributed by atoms with Gasteiger partial charge < -0.3 is 14.8 Å². The molecule has 0 radical (unpaired) electrons. The molecule has 3 amide bonds. The molecule has 0 aromatic heterocycles. The second-order valence-electron chi connectivity index (χ2n) is 7.06. The third-order valence-electron chi connectivity index (χ3n) is 4.64. The molecule has 2 aromatic rings. The van der Waals surface area contributed by atoms with Crippen LogP contribution in [-0.2, 0) is 14.6 Å². The van der Waals surface area contributed by atoms with Crippen LogP contribution in [0.25, 0.3) is 0 Å². The average Bonchev–Trinajstić information content (AvgIpc) is 2.94. The normalized spacial score (nSPS) is 17.8. The Morgan fingerprint density at radius 3 is 2.47 bits per heavy atom. The molecule has 1 atom stereocenters. The van der Waals surface area contributed by atoms with Gasteiger partial charge in [-0.2, -0.15) is 0 Å². The van der Waals surface area contributed by atoms with Crippen molar-refractivity contribution in [2.45, 2.75) is 13.0 Å². The van der Waals surface area contributed by atoms with Crippen molar-refractivity contribution >= 4 is 33.2 Å². The highest BCUT2D eigenvalue weighted by Crippen LogP contribution is 2.38. The molecule has 0 saturated carbocycles. The van der Waals surface area contributed by atoms with E-state index in [1.165, 1.54) is 0 Å².